The minimum Gasteiger partial charge on any atom is -0.388 e. The summed E-state index contributed by atoms with van der Waals surface area (Å²) in [6.07, 6.45) is 4.15. The maximum Gasteiger partial charge on any atom is 0.190 e. The van der Waals surface area contributed by atoms with Gasteiger partial charge in [-0.25, -0.2) is 0 Å². The van der Waals surface area contributed by atoms with Gasteiger partial charge in [0.2, 0.25) is 0 Å². The molecule has 1 fully saturated rings. The summed E-state index contributed by atoms with van der Waals surface area (Å²) < 4.78 is 7.14. The van der Waals surface area contributed by atoms with Crippen molar-refractivity contribution >= 4 is 11.5 Å². The number of ether oxygens (including phenoxy) is 1. The van der Waals surface area contributed by atoms with Crippen molar-refractivity contribution in [1.82, 2.24) is 0 Å². The minimum absolute atomic E-state index is 0.0283. The SMILES string of the molecule is C=C(C)[C@@H]1C(=N)C[C@@H](C)[C@@]2(O)[C@H]1C=C(COC(c1ccccc1)(c1ccccc1)c1ccccc1)C[C@]1(O)C(=O)C(C)=C[C@@H]21. The molecule has 0 saturated heterocycles. The fourth-order valence-electron chi connectivity index (χ4n) is 8.16. The van der Waals surface area contributed by atoms with E-state index in [0.29, 0.717) is 17.7 Å². The van der Waals surface area contributed by atoms with E-state index < -0.39 is 34.6 Å². The molecule has 3 N–H and O–H groups in total. The Morgan fingerprint density at radius 2 is 1.43 bits per heavy atom. The summed E-state index contributed by atoms with van der Waals surface area (Å²) >= 11 is 0. The average molecular weight is 588 g/mol. The molecule has 0 amide bonds. The highest BCUT2D eigenvalue weighted by Crippen LogP contribution is 2.56. The fourth-order valence-corrected chi connectivity index (χ4v) is 8.16. The van der Waals surface area contributed by atoms with E-state index in [-0.39, 0.29) is 24.7 Å². The number of ketones is 1. The molecular formula is C39H41NO4. The third-order valence-corrected chi connectivity index (χ3v) is 10.2. The van der Waals surface area contributed by atoms with Crippen LogP contribution in [0, 0.1) is 29.1 Å². The van der Waals surface area contributed by atoms with E-state index in [1.165, 1.54) is 0 Å². The largest absolute Gasteiger partial charge is 0.388 e. The fraction of sp³-hybridized carbons (Fsp3) is 0.333. The van der Waals surface area contributed by atoms with E-state index in [2.05, 4.69) is 43.0 Å². The molecule has 0 spiro atoms. The van der Waals surface area contributed by atoms with Crippen molar-refractivity contribution in [2.24, 2.45) is 23.7 Å². The normalized spacial score (nSPS) is 30.1. The van der Waals surface area contributed by atoms with Crippen LogP contribution in [-0.4, -0.2) is 39.5 Å². The highest BCUT2D eigenvalue weighted by Gasteiger charge is 2.64. The summed E-state index contributed by atoms with van der Waals surface area (Å²) in [6, 6.07) is 30.2. The van der Waals surface area contributed by atoms with Gasteiger partial charge in [0.15, 0.2) is 5.78 Å². The monoisotopic (exact) mass is 587 g/mol. The Kier molecular flexibility index (Phi) is 7.69. The van der Waals surface area contributed by atoms with Crippen molar-refractivity contribution < 1.29 is 19.7 Å². The molecule has 0 bridgehead atoms. The van der Waals surface area contributed by atoms with Crippen LogP contribution in [-0.2, 0) is 15.1 Å². The van der Waals surface area contributed by atoms with Crippen molar-refractivity contribution in [1.29, 1.82) is 5.41 Å². The number of carbonyl (C=O) groups excluding carboxylic acids is 1. The zero-order valence-corrected chi connectivity index (χ0v) is 25.7. The van der Waals surface area contributed by atoms with Crippen LogP contribution < -0.4 is 0 Å². The van der Waals surface area contributed by atoms with Crippen LogP contribution in [0.15, 0.2) is 126 Å². The quantitative estimate of drug-likeness (QED) is 0.209. The summed E-state index contributed by atoms with van der Waals surface area (Å²) in [4.78, 5) is 13.7. The van der Waals surface area contributed by atoms with Gasteiger partial charge in [-0.05, 0) is 54.0 Å². The lowest BCUT2D eigenvalue weighted by Gasteiger charge is -2.52. The smallest absolute Gasteiger partial charge is 0.190 e. The van der Waals surface area contributed by atoms with Gasteiger partial charge in [0.25, 0.3) is 0 Å². The van der Waals surface area contributed by atoms with Gasteiger partial charge >= 0.3 is 0 Å². The maximum absolute atomic E-state index is 13.7. The molecule has 44 heavy (non-hydrogen) atoms. The molecule has 1 saturated carbocycles. The molecule has 5 heteroatoms. The van der Waals surface area contributed by atoms with Gasteiger partial charge in [-0.1, -0.05) is 122 Å². The van der Waals surface area contributed by atoms with Gasteiger partial charge in [-0.15, -0.1) is 0 Å². The van der Waals surface area contributed by atoms with Crippen LogP contribution in [0.3, 0.4) is 0 Å². The lowest BCUT2D eigenvalue weighted by atomic mass is 9.56. The Balaban J connectivity index is 1.52. The third kappa shape index (κ3) is 4.57. The first-order chi connectivity index (χ1) is 21.0. The van der Waals surface area contributed by atoms with Crippen LogP contribution >= 0.6 is 0 Å². The topological polar surface area (TPSA) is 90.6 Å². The Hall–Kier alpha value is -3.90. The molecule has 226 valence electrons. The number of benzene rings is 3. The highest BCUT2D eigenvalue weighted by molar-refractivity contribution is 6.05. The number of nitrogens with one attached hydrogen (secondary N) is 1. The van der Waals surface area contributed by atoms with Crippen molar-refractivity contribution in [3.05, 3.63) is 143 Å². The number of rotatable bonds is 7. The Morgan fingerprint density at radius 3 is 1.91 bits per heavy atom. The molecule has 3 aliphatic rings. The first-order valence-electron chi connectivity index (χ1n) is 15.4. The van der Waals surface area contributed by atoms with Gasteiger partial charge < -0.3 is 20.4 Å². The molecule has 0 radical (unpaired) electrons. The zero-order chi connectivity index (χ0) is 31.3. The van der Waals surface area contributed by atoms with Crippen LogP contribution in [0.25, 0.3) is 0 Å². The van der Waals surface area contributed by atoms with E-state index in [1.807, 2.05) is 74.5 Å². The number of aliphatic hydroxyl groups is 2. The van der Waals surface area contributed by atoms with Crippen LogP contribution in [0.4, 0.5) is 0 Å². The number of hydrogen-bond donors (Lipinski definition) is 3. The van der Waals surface area contributed by atoms with Crippen molar-refractivity contribution in [3.8, 4) is 0 Å². The van der Waals surface area contributed by atoms with Gasteiger partial charge in [-0.2, -0.15) is 0 Å². The maximum atomic E-state index is 13.7. The summed E-state index contributed by atoms with van der Waals surface area (Å²) in [5, 5.41) is 33.8. The van der Waals surface area contributed by atoms with Gasteiger partial charge in [0.05, 0.1) is 12.2 Å². The van der Waals surface area contributed by atoms with Crippen LogP contribution in [0.5, 0.6) is 0 Å². The van der Waals surface area contributed by atoms with Crippen molar-refractivity contribution in [2.75, 3.05) is 6.61 Å². The van der Waals surface area contributed by atoms with E-state index in [9.17, 15) is 15.0 Å². The highest BCUT2D eigenvalue weighted by atomic mass is 16.5. The van der Waals surface area contributed by atoms with E-state index >= 15 is 0 Å². The first kappa shape index (κ1) is 30.1. The Morgan fingerprint density at radius 1 is 0.932 bits per heavy atom. The van der Waals surface area contributed by atoms with Gasteiger partial charge in [0.1, 0.15) is 11.2 Å². The van der Waals surface area contributed by atoms with Crippen LogP contribution in [0.2, 0.25) is 0 Å². The standard InChI is InChI=1S/C39H41NO4/c1-25(2)35-32-22-28(23-37(42)34(20-26(3)36(37)41)38(32,43)27(4)21-33(35)40)24-44-39(29-14-8-5-9-15-29,30-16-10-6-11-17-30)31-18-12-7-13-19-31/h5-20,22,27,32,34-35,40,42-43H,1,21,23-24H2,2-4H3/t27-,32+,34-,35+,37-,38-/m1/s1. The second-order valence-electron chi connectivity index (χ2n) is 13.0. The molecule has 3 aliphatic carbocycles. The molecule has 0 unspecified atom stereocenters. The molecule has 5 nitrogen and oxygen atoms in total. The summed E-state index contributed by atoms with van der Waals surface area (Å²) in [7, 11) is 0. The molecule has 0 aliphatic heterocycles. The number of fused-ring (bicyclic) bond motifs is 3. The number of hydrogen-bond acceptors (Lipinski definition) is 5. The number of carbonyl (C=O) groups is 1. The van der Waals surface area contributed by atoms with E-state index in [0.717, 1.165) is 27.8 Å². The van der Waals surface area contributed by atoms with Crippen LogP contribution in [0.1, 0.15) is 50.3 Å². The molecule has 3 aromatic rings. The third-order valence-electron chi connectivity index (χ3n) is 10.2. The second kappa shape index (κ2) is 11.2. The molecule has 6 rings (SSSR count). The summed E-state index contributed by atoms with van der Waals surface area (Å²) in [5.41, 5.74) is 1.05. The Bertz CT molecular complexity index is 1550. The molecule has 3 aromatic carbocycles. The van der Waals surface area contributed by atoms with Gasteiger partial charge in [0, 0.05) is 29.9 Å². The molecular weight excluding hydrogens is 546 g/mol. The second-order valence-corrected chi connectivity index (χ2v) is 13.0. The van der Waals surface area contributed by atoms with Crippen molar-refractivity contribution in [2.45, 2.75) is 50.4 Å². The van der Waals surface area contributed by atoms with Gasteiger partial charge in [-0.3, -0.25) is 4.79 Å². The first-order valence-corrected chi connectivity index (χ1v) is 15.4. The molecule has 0 aromatic heterocycles. The molecule has 6 atom stereocenters. The number of Topliss-reactive ketones (excluding diaryl/α,β-unsaturated/α-hetero) is 1. The minimum atomic E-state index is -1.81. The summed E-state index contributed by atoms with van der Waals surface area (Å²) in [6.45, 7) is 9.83. The average Bonchev–Trinajstić information content (AvgIpc) is 3.19. The lowest BCUT2D eigenvalue weighted by Crippen LogP contribution is -2.62. The Labute approximate surface area is 260 Å². The molecule has 0 heterocycles. The predicted molar refractivity (Wildman–Crippen MR) is 173 cm³/mol. The predicted octanol–water partition coefficient (Wildman–Crippen LogP) is 6.80. The lowest BCUT2D eigenvalue weighted by molar-refractivity contribution is -0.164. The summed E-state index contributed by atoms with van der Waals surface area (Å²) in [5.74, 6) is -2.49. The van der Waals surface area contributed by atoms with Crippen molar-refractivity contribution in [3.63, 3.8) is 0 Å². The van der Waals surface area contributed by atoms with E-state index in [1.54, 1.807) is 13.0 Å². The van der Waals surface area contributed by atoms with E-state index in [4.69, 9.17) is 10.1 Å². The number of allylic oxidation sites excluding steroid dienone is 1. The zero-order valence-electron chi connectivity index (χ0n) is 25.7.